The van der Waals surface area contributed by atoms with Crippen molar-refractivity contribution in [1.29, 1.82) is 0 Å². The predicted octanol–water partition coefficient (Wildman–Crippen LogP) is 3.93. The maximum absolute atomic E-state index is 6.30. The molecular weight excluding hydrogens is 394 g/mol. The van der Waals surface area contributed by atoms with E-state index < -0.39 is 0 Å². The lowest BCUT2D eigenvalue weighted by atomic mass is 10.1. The van der Waals surface area contributed by atoms with Crippen molar-refractivity contribution in [2.45, 2.75) is 19.3 Å². The van der Waals surface area contributed by atoms with Gasteiger partial charge in [-0.3, -0.25) is 0 Å². The minimum Gasteiger partial charge on any atom is -0.496 e. The van der Waals surface area contributed by atoms with E-state index in [1.54, 1.807) is 11.8 Å². The molecule has 0 spiro atoms. The first-order valence-corrected chi connectivity index (χ1v) is 9.38. The van der Waals surface area contributed by atoms with Crippen LogP contribution in [0.15, 0.2) is 53.1 Å². The summed E-state index contributed by atoms with van der Waals surface area (Å²) in [6, 6.07) is 15.1. The topological polar surface area (TPSA) is 88.1 Å². The molecular formula is C20H16ClN5O3. The highest BCUT2D eigenvalue weighted by Gasteiger charge is 2.28. The second-order valence-electron chi connectivity index (χ2n) is 6.51. The second kappa shape index (κ2) is 7.31. The van der Waals surface area contributed by atoms with Gasteiger partial charge < -0.3 is 14.0 Å². The zero-order chi connectivity index (χ0) is 19.8. The molecule has 0 amide bonds. The van der Waals surface area contributed by atoms with E-state index in [9.17, 15) is 0 Å². The van der Waals surface area contributed by atoms with E-state index in [1.165, 1.54) is 0 Å². The van der Waals surface area contributed by atoms with Crippen LogP contribution in [0, 0.1) is 0 Å². The SMILES string of the molecule is COc1ccccc1-c1nc(-c2nnn3c2CO[C@@H](c2ccccc2Cl)C3)no1. The molecule has 0 N–H and O–H groups in total. The largest absolute Gasteiger partial charge is 0.496 e. The number of ether oxygens (including phenoxy) is 2. The van der Waals surface area contributed by atoms with Gasteiger partial charge in [-0.25, -0.2) is 4.68 Å². The van der Waals surface area contributed by atoms with Crippen molar-refractivity contribution in [2.24, 2.45) is 0 Å². The standard InChI is InChI=1S/C20H16ClN5O3/c1-27-16-9-5-3-7-13(16)20-22-19(24-29-20)18-15-11-28-17(10-26(15)25-23-18)12-6-2-4-8-14(12)21/h2-9,17H,10-11H2,1H3/t17-/m1/s1. The van der Waals surface area contributed by atoms with Crippen LogP contribution in [-0.2, 0) is 17.9 Å². The average molecular weight is 410 g/mol. The van der Waals surface area contributed by atoms with Gasteiger partial charge in [-0.05, 0) is 18.2 Å². The molecule has 9 heteroatoms. The van der Waals surface area contributed by atoms with E-state index in [-0.39, 0.29) is 6.10 Å². The normalized spacial score (nSPS) is 15.9. The lowest BCUT2D eigenvalue weighted by Crippen LogP contribution is -2.22. The van der Waals surface area contributed by atoms with Gasteiger partial charge in [0.2, 0.25) is 5.82 Å². The summed E-state index contributed by atoms with van der Waals surface area (Å²) in [5.74, 6) is 1.36. The molecule has 2 aromatic heterocycles. The molecule has 5 rings (SSSR count). The van der Waals surface area contributed by atoms with Crippen molar-refractivity contribution < 1.29 is 14.0 Å². The smallest absolute Gasteiger partial charge is 0.262 e. The minimum absolute atomic E-state index is 0.194. The fraction of sp³-hybridized carbons (Fsp3) is 0.200. The zero-order valence-corrected chi connectivity index (χ0v) is 16.2. The van der Waals surface area contributed by atoms with Crippen LogP contribution in [-0.4, -0.2) is 32.2 Å². The number of hydrogen-bond donors (Lipinski definition) is 0. The van der Waals surface area contributed by atoms with Crippen LogP contribution in [0.1, 0.15) is 17.4 Å². The van der Waals surface area contributed by atoms with Gasteiger partial charge in [-0.2, -0.15) is 4.98 Å². The van der Waals surface area contributed by atoms with Gasteiger partial charge in [-0.1, -0.05) is 52.3 Å². The number of halogens is 1. The molecule has 1 aliphatic rings. The van der Waals surface area contributed by atoms with Gasteiger partial charge in [-0.15, -0.1) is 5.10 Å². The molecule has 1 atom stereocenters. The Morgan fingerprint density at radius 3 is 2.83 bits per heavy atom. The van der Waals surface area contributed by atoms with Crippen molar-refractivity contribution in [3.8, 4) is 28.7 Å². The van der Waals surface area contributed by atoms with Gasteiger partial charge in [0.15, 0.2) is 5.69 Å². The predicted molar refractivity (Wildman–Crippen MR) is 104 cm³/mol. The van der Waals surface area contributed by atoms with Gasteiger partial charge >= 0.3 is 0 Å². The first kappa shape index (κ1) is 17.8. The van der Waals surface area contributed by atoms with Gasteiger partial charge in [0.25, 0.3) is 5.89 Å². The van der Waals surface area contributed by atoms with Crippen molar-refractivity contribution in [3.63, 3.8) is 0 Å². The summed E-state index contributed by atoms with van der Waals surface area (Å²) in [6.45, 7) is 0.819. The maximum Gasteiger partial charge on any atom is 0.262 e. The fourth-order valence-electron chi connectivity index (χ4n) is 3.36. The van der Waals surface area contributed by atoms with Gasteiger partial charge in [0.05, 0.1) is 31.5 Å². The Morgan fingerprint density at radius 2 is 1.97 bits per heavy atom. The molecule has 29 heavy (non-hydrogen) atoms. The quantitative estimate of drug-likeness (QED) is 0.504. The van der Waals surface area contributed by atoms with Gasteiger partial charge in [0, 0.05) is 10.6 Å². The van der Waals surface area contributed by atoms with E-state index in [0.29, 0.717) is 46.9 Å². The Balaban J connectivity index is 1.44. The molecule has 0 radical (unpaired) electrons. The Morgan fingerprint density at radius 1 is 1.14 bits per heavy atom. The number of nitrogens with zero attached hydrogens (tertiary/aromatic N) is 5. The summed E-state index contributed by atoms with van der Waals surface area (Å²) in [7, 11) is 1.60. The Kier molecular flexibility index (Phi) is 4.49. The summed E-state index contributed by atoms with van der Waals surface area (Å²) in [5.41, 5.74) is 2.97. The third kappa shape index (κ3) is 3.16. The first-order chi connectivity index (χ1) is 14.2. The molecule has 3 heterocycles. The number of rotatable bonds is 4. The van der Waals surface area contributed by atoms with Crippen LogP contribution in [0.4, 0.5) is 0 Å². The van der Waals surface area contributed by atoms with Gasteiger partial charge in [0.1, 0.15) is 11.9 Å². The molecule has 0 saturated carbocycles. The van der Waals surface area contributed by atoms with Crippen LogP contribution in [0.2, 0.25) is 5.02 Å². The molecule has 0 aliphatic carbocycles. The van der Waals surface area contributed by atoms with Crippen LogP contribution in [0.3, 0.4) is 0 Å². The number of hydrogen-bond acceptors (Lipinski definition) is 7. The molecule has 4 aromatic rings. The molecule has 8 nitrogen and oxygen atoms in total. The zero-order valence-electron chi connectivity index (χ0n) is 15.4. The third-order valence-electron chi connectivity index (χ3n) is 4.82. The van der Waals surface area contributed by atoms with Crippen molar-refractivity contribution >= 4 is 11.6 Å². The van der Waals surface area contributed by atoms with E-state index in [4.69, 9.17) is 25.6 Å². The lowest BCUT2D eigenvalue weighted by molar-refractivity contribution is -0.00106. The molecule has 0 saturated heterocycles. The maximum atomic E-state index is 6.30. The van der Waals surface area contributed by atoms with Crippen molar-refractivity contribution in [1.82, 2.24) is 25.1 Å². The van der Waals surface area contributed by atoms with E-state index in [0.717, 1.165) is 11.3 Å². The molecule has 1 aliphatic heterocycles. The summed E-state index contributed by atoms with van der Waals surface area (Å²) >= 11 is 6.30. The highest BCUT2D eigenvalue weighted by atomic mass is 35.5. The van der Waals surface area contributed by atoms with Crippen molar-refractivity contribution in [2.75, 3.05) is 7.11 Å². The van der Waals surface area contributed by atoms with E-state index >= 15 is 0 Å². The van der Waals surface area contributed by atoms with E-state index in [1.807, 2.05) is 48.5 Å². The van der Waals surface area contributed by atoms with Crippen molar-refractivity contribution in [3.05, 3.63) is 64.8 Å². The highest BCUT2D eigenvalue weighted by Crippen LogP contribution is 2.34. The number of aromatic nitrogens is 5. The number of benzene rings is 2. The highest BCUT2D eigenvalue weighted by molar-refractivity contribution is 6.31. The Bertz CT molecular complexity index is 1170. The van der Waals surface area contributed by atoms with Crippen LogP contribution in [0.5, 0.6) is 5.75 Å². The molecule has 2 aromatic carbocycles. The lowest BCUT2D eigenvalue weighted by Gasteiger charge is -2.24. The number of fused-ring (bicyclic) bond motifs is 1. The summed E-state index contributed by atoms with van der Waals surface area (Å²) in [4.78, 5) is 4.48. The average Bonchev–Trinajstić information content (AvgIpc) is 3.40. The van der Waals surface area contributed by atoms with E-state index in [2.05, 4.69) is 20.5 Å². The fourth-order valence-corrected chi connectivity index (χ4v) is 3.62. The summed E-state index contributed by atoms with van der Waals surface area (Å²) < 4.78 is 18.6. The number of para-hydroxylation sites is 1. The molecule has 0 fully saturated rings. The second-order valence-corrected chi connectivity index (χ2v) is 6.92. The summed E-state index contributed by atoms with van der Waals surface area (Å²) in [5, 5.41) is 13.2. The summed E-state index contributed by atoms with van der Waals surface area (Å²) in [6.07, 6.45) is -0.194. The van der Waals surface area contributed by atoms with Crippen LogP contribution in [0.25, 0.3) is 23.0 Å². The molecule has 0 bridgehead atoms. The monoisotopic (exact) mass is 409 g/mol. The molecule has 146 valence electrons. The Labute approximate surface area is 171 Å². The number of methoxy groups -OCH3 is 1. The van der Waals surface area contributed by atoms with Crippen LogP contribution < -0.4 is 4.74 Å². The third-order valence-corrected chi connectivity index (χ3v) is 5.17. The minimum atomic E-state index is -0.194. The first-order valence-electron chi connectivity index (χ1n) is 9.00. The van der Waals surface area contributed by atoms with Crippen LogP contribution >= 0.6 is 11.6 Å². The Hall–Kier alpha value is -3.23. The molecule has 0 unspecified atom stereocenters.